The van der Waals surface area contributed by atoms with Crippen LogP contribution < -0.4 is 0 Å². The Kier molecular flexibility index (Phi) is 11.2. The molecule has 1 aromatic rings. The minimum Gasteiger partial charge on any atom is -0.369 e. The van der Waals surface area contributed by atoms with E-state index in [1.54, 1.807) is 7.11 Å². The molecule has 0 aliphatic carbocycles. The van der Waals surface area contributed by atoms with E-state index in [1.165, 1.54) is 6.08 Å². The topological polar surface area (TPSA) is 43.4 Å². The van der Waals surface area contributed by atoms with Gasteiger partial charge in [0, 0.05) is 13.5 Å². The number of carbonyl (C=O) groups excluding carboxylic acids is 2. The number of ether oxygens (including phenoxy) is 1. The smallest absolute Gasteiger partial charge is 0.165 e. The largest absolute Gasteiger partial charge is 0.369 e. The van der Waals surface area contributed by atoms with Crippen LogP contribution in [0.1, 0.15) is 44.8 Å². The number of carbonyl (C=O) groups is 2. The van der Waals surface area contributed by atoms with E-state index < -0.39 is 6.10 Å². The van der Waals surface area contributed by atoms with E-state index in [1.807, 2.05) is 43.3 Å². The molecular weight excluding hydrogens is 252 g/mol. The number of allylic oxidation sites excluding steroid dienone is 2. The van der Waals surface area contributed by atoms with Gasteiger partial charge in [-0.2, -0.15) is 0 Å². The minimum atomic E-state index is -0.397. The second-order valence-electron chi connectivity index (χ2n) is 4.20. The Morgan fingerprint density at radius 3 is 2.35 bits per heavy atom. The Morgan fingerprint density at radius 2 is 1.90 bits per heavy atom. The molecule has 1 atom stereocenters. The molecular formula is C17H24O3. The summed E-state index contributed by atoms with van der Waals surface area (Å²) in [6.45, 7) is 3.92. The molecule has 1 unspecified atom stereocenters. The summed E-state index contributed by atoms with van der Waals surface area (Å²) in [5, 5.41) is 0. The molecule has 3 heteroatoms. The fourth-order valence-electron chi connectivity index (χ4n) is 1.59. The van der Waals surface area contributed by atoms with Crippen LogP contribution in [0, 0.1) is 0 Å². The van der Waals surface area contributed by atoms with E-state index >= 15 is 0 Å². The fraction of sp³-hybridized carbons (Fsp3) is 0.412. The molecule has 0 saturated heterocycles. The van der Waals surface area contributed by atoms with Gasteiger partial charge in [-0.15, -0.1) is 0 Å². The van der Waals surface area contributed by atoms with Gasteiger partial charge < -0.3 is 4.74 Å². The van der Waals surface area contributed by atoms with Gasteiger partial charge in [-0.05, 0) is 18.1 Å². The van der Waals surface area contributed by atoms with Crippen LogP contribution in [-0.4, -0.2) is 19.2 Å². The van der Waals surface area contributed by atoms with Crippen LogP contribution in [0.15, 0.2) is 42.5 Å². The quantitative estimate of drug-likeness (QED) is 0.560. The number of benzene rings is 1. The van der Waals surface area contributed by atoms with Gasteiger partial charge >= 0.3 is 0 Å². The summed E-state index contributed by atoms with van der Waals surface area (Å²) in [6, 6.07) is 9.55. The fourth-order valence-corrected chi connectivity index (χ4v) is 1.59. The van der Waals surface area contributed by atoms with Crippen molar-refractivity contribution in [3.05, 3.63) is 48.0 Å². The zero-order valence-corrected chi connectivity index (χ0v) is 12.5. The molecule has 1 rings (SSSR count). The van der Waals surface area contributed by atoms with Gasteiger partial charge in [0.1, 0.15) is 12.4 Å². The predicted octanol–water partition coefficient (Wildman–Crippen LogP) is 3.89. The second-order valence-corrected chi connectivity index (χ2v) is 4.20. The second kappa shape index (κ2) is 12.3. The molecule has 0 spiro atoms. The van der Waals surface area contributed by atoms with Crippen molar-refractivity contribution in [2.75, 3.05) is 7.11 Å². The zero-order chi connectivity index (χ0) is 15.2. The highest BCUT2D eigenvalue weighted by atomic mass is 16.5. The van der Waals surface area contributed by atoms with Crippen molar-refractivity contribution in [1.29, 1.82) is 0 Å². The van der Waals surface area contributed by atoms with Gasteiger partial charge in [0.25, 0.3) is 0 Å². The van der Waals surface area contributed by atoms with E-state index in [0.29, 0.717) is 6.42 Å². The summed E-state index contributed by atoms with van der Waals surface area (Å²) >= 11 is 0. The number of Topliss-reactive ketones (excluding diaryl/α,β-unsaturated/α-hetero) is 1. The molecule has 1 aromatic carbocycles. The van der Waals surface area contributed by atoms with E-state index in [9.17, 15) is 9.59 Å². The first-order chi connectivity index (χ1) is 9.71. The molecule has 0 aliphatic heterocycles. The standard InChI is InChI=1S/C11H14O2.C6H10O/c1-3-10(12)11(13-2)9-7-5-4-6-8-9;1-2-3-4-5-6-7/h4-8,11H,3H2,1-2H3;4-6H,2-3H2,1H3. The number of ketones is 1. The highest BCUT2D eigenvalue weighted by molar-refractivity contribution is 5.84. The number of methoxy groups -OCH3 is 1. The third-order valence-corrected chi connectivity index (χ3v) is 2.65. The van der Waals surface area contributed by atoms with Crippen molar-refractivity contribution >= 4 is 12.1 Å². The van der Waals surface area contributed by atoms with Crippen LogP contribution in [0.4, 0.5) is 0 Å². The molecule has 0 bridgehead atoms. The van der Waals surface area contributed by atoms with Crippen LogP contribution in [0.3, 0.4) is 0 Å². The number of hydrogen-bond donors (Lipinski definition) is 0. The van der Waals surface area contributed by atoms with Crippen molar-refractivity contribution in [3.8, 4) is 0 Å². The van der Waals surface area contributed by atoms with Crippen molar-refractivity contribution in [2.24, 2.45) is 0 Å². The minimum absolute atomic E-state index is 0.119. The monoisotopic (exact) mass is 276 g/mol. The molecule has 0 N–H and O–H groups in total. The predicted molar refractivity (Wildman–Crippen MR) is 81.6 cm³/mol. The Morgan fingerprint density at radius 1 is 1.25 bits per heavy atom. The molecule has 0 aliphatic rings. The molecule has 110 valence electrons. The van der Waals surface area contributed by atoms with Gasteiger partial charge in [0.2, 0.25) is 0 Å². The SMILES string of the molecule is CCC(=O)C(OC)c1ccccc1.CCCC=CC=O. The van der Waals surface area contributed by atoms with Crippen molar-refractivity contribution in [1.82, 2.24) is 0 Å². The summed E-state index contributed by atoms with van der Waals surface area (Å²) < 4.78 is 5.14. The first-order valence-corrected chi connectivity index (χ1v) is 6.91. The molecule has 0 radical (unpaired) electrons. The molecule has 3 nitrogen and oxygen atoms in total. The summed E-state index contributed by atoms with van der Waals surface area (Å²) in [5.74, 6) is 0.119. The van der Waals surface area contributed by atoms with Crippen LogP contribution in [-0.2, 0) is 14.3 Å². The Bertz CT molecular complexity index is 396. The lowest BCUT2D eigenvalue weighted by molar-refractivity contribution is -0.128. The van der Waals surface area contributed by atoms with E-state index in [2.05, 4.69) is 6.92 Å². The normalized spacial score (nSPS) is 11.6. The maximum Gasteiger partial charge on any atom is 0.165 e. The number of aldehydes is 1. The van der Waals surface area contributed by atoms with Gasteiger partial charge in [-0.1, -0.05) is 56.7 Å². The maximum absolute atomic E-state index is 11.4. The summed E-state index contributed by atoms with van der Waals surface area (Å²) in [5.41, 5.74) is 0.928. The highest BCUT2D eigenvalue weighted by Crippen LogP contribution is 2.18. The molecule has 0 fully saturated rings. The third-order valence-electron chi connectivity index (χ3n) is 2.65. The summed E-state index contributed by atoms with van der Waals surface area (Å²) in [6.07, 6.45) is 6.44. The van der Waals surface area contributed by atoms with Crippen molar-refractivity contribution in [3.63, 3.8) is 0 Å². The first kappa shape index (κ1) is 18.3. The summed E-state index contributed by atoms with van der Waals surface area (Å²) in [4.78, 5) is 21.0. The Balaban J connectivity index is 0.000000441. The molecule has 0 amide bonds. The Hall–Kier alpha value is -1.74. The number of unbranched alkanes of at least 4 members (excludes halogenated alkanes) is 1. The van der Waals surface area contributed by atoms with Crippen LogP contribution in [0.2, 0.25) is 0 Å². The summed E-state index contributed by atoms with van der Waals surface area (Å²) in [7, 11) is 1.56. The maximum atomic E-state index is 11.4. The molecule has 0 aromatic heterocycles. The van der Waals surface area contributed by atoms with Gasteiger partial charge in [0.15, 0.2) is 5.78 Å². The average Bonchev–Trinajstić information content (AvgIpc) is 2.50. The molecule has 0 heterocycles. The van der Waals surface area contributed by atoms with Gasteiger partial charge in [-0.25, -0.2) is 0 Å². The van der Waals surface area contributed by atoms with Gasteiger partial charge in [0.05, 0.1) is 0 Å². The van der Waals surface area contributed by atoms with Crippen molar-refractivity contribution < 1.29 is 14.3 Å². The van der Waals surface area contributed by atoms with Crippen LogP contribution >= 0.6 is 0 Å². The van der Waals surface area contributed by atoms with Crippen LogP contribution in [0.5, 0.6) is 0 Å². The number of rotatable bonds is 7. The lowest BCUT2D eigenvalue weighted by atomic mass is 10.0. The third kappa shape index (κ3) is 7.64. The van der Waals surface area contributed by atoms with Crippen LogP contribution in [0.25, 0.3) is 0 Å². The lowest BCUT2D eigenvalue weighted by Gasteiger charge is -2.12. The number of hydrogen-bond acceptors (Lipinski definition) is 3. The zero-order valence-electron chi connectivity index (χ0n) is 12.5. The van der Waals surface area contributed by atoms with Crippen molar-refractivity contribution in [2.45, 2.75) is 39.2 Å². The average molecular weight is 276 g/mol. The first-order valence-electron chi connectivity index (χ1n) is 6.91. The highest BCUT2D eigenvalue weighted by Gasteiger charge is 2.16. The molecule has 20 heavy (non-hydrogen) atoms. The van der Waals surface area contributed by atoms with E-state index in [0.717, 1.165) is 24.7 Å². The van der Waals surface area contributed by atoms with E-state index in [4.69, 9.17) is 4.74 Å². The lowest BCUT2D eigenvalue weighted by Crippen LogP contribution is -2.13. The Labute approximate surface area is 121 Å². The van der Waals surface area contributed by atoms with E-state index in [-0.39, 0.29) is 5.78 Å². The van der Waals surface area contributed by atoms with Gasteiger partial charge in [-0.3, -0.25) is 9.59 Å². The molecule has 0 saturated carbocycles.